The van der Waals surface area contributed by atoms with Crippen LogP contribution in [-0.2, 0) is 11.3 Å². The Balaban J connectivity index is 1.58. The highest BCUT2D eigenvalue weighted by molar-refractivity contribution is 7.13. The average molecular weight is 401 g/mol. The summed E-state index contributed by atoms with van der Waals surface area (Å²) in [5.41, 5.74) is 3.74. The van der Waals surface area contributed by atoms with E-state index < -0.39 is 0 Å². The molecule has 0 radical (unpaired) electrons. The molecule has 3 heterocycles. The molecule has 29 heavy (non-hydrogen) atoms. The molecule has 1 amide bonds. The zero-order valence-corrected chi connectivity index (χ0v) is 16.8. The Morgan fingerprint density at radius 3 is 2.72 bits per heavy atom. The van der Waals surface area contributed by atoms with Crippen LogP contribution in [0.2, 0.25) is 0 Å². The number of hydrogen-bond donors (Lipinski definition) is 0. The zero-order chi connectivity index (χ0) is 20.1. The van der Waals surface area contributed by atoms with E-state index in [4.69, 9.17) is 5.10 Å². The van der Waals surface area contributed by atoms with Crippen molar-refractivity contribution in [3.63, 3.8) is 0 Å². The first kappa shape index (κ1) is 18.8. The third kappa shape index (κ3) is 4.50. The Morgan fingerprint density at radius 2 is 2.00 bits per heavy atom. The first-order chi connectivity index (χ1) is 14.2. The third-order valence-corrected chi connectivity index (χ3v) is 5.32. The Bertz CT molecular complexity index is 1100. The molecule has 0 unspecified atom stereocenters. The number of hydrogen-bond acceptors (Lipinski definition) is 4. The van der Waals surface area contributed by atoms with Crippen LogP contribution in [0.25, 0.3) is 22.3 Å². The highest BCUT2D eigenvalue weighted by atomic mass is 32.1. The standard InChI is InChI=1S/C23H20N4OS/c1-26(16-18-7-5-13-24-15-18)22(28)12-11-19-17-27(20-8-3-2-4-9-20)25-23(19)21-10-6-14-29-21/h2-15,17H,16H2,1H3. The number of benzene rings is 1. The molecule has 0 spiro atoms. The average Bonchev–Trinajstić information content (AvgIpc) is 3.43. The van der Waals surface area contributed by atoms with Gasteiger partial charge < -0.3 is 4.90 Å². The number of thiophene rings is 1. The van der Waals surface area contributed by atoms with Gasteiger partial charge in [-0.3, -0.25) is 9.78 Å². The van der Waals surface area contributed by atoms with Gasteiger partial charge in [0.05, 0.1) is 10.6 Å². The van der Waals surface area contributed by atoms with Crippen molar-refractivity contribution in [3.8, 4) is 16.3 Å². The van der Waals surface area contributed by atoms with Crippen molar-refractivity contribution >= 4 is 23.3 Å². The maximum Gasteiger partial charge on any atom is 0.246 e. The lowest BCUT2D eigenvalue weighted by atomic mass is 10.2. The molecule has 0 bridgehead atoms. The van der Waals surface area contributed by atoms with Crippen LogP contribution in [0, 0.1) is 0 Å². The van der Waals surface area contributed by atoms with Crippen molar-refractivity contribution in [2.45, 2.75) is 6.54 Å². The van der Waals surface area contributed by atoms with Gasteiger partial charge >= 0.3 is 0 Å². The van der Waals surface area contributed by atoms with Crippen LogP contribution in [0.4, 0.5) is 0 Å². The number of pyridine rings is 1. The fraction of sp³-hybridized carbons (Fsp3) is 0.0870. The molecule has 3 aromatic heterocycles. The quantitative estimate of drug-likeness (QED) is 0.442. The molecule has 0 aliphatic heterocycles. The maximum atomic E-state index is 12.6. The van der Waals surface area contributed by atoms with Crippen molar-refractivity contribution in [3.05, 3.63) is 95.8 Å². The van der Waals surface area contributed by atoms with Gasteiger partial charge in [-0.25, -0.2) is 4.68 Å². The number of likely N-dealkylation sites (N-methyl/N-ethyl adjacent to an activating group) is 1. The monoisotopic (exact) mass is 400 g/mol. The number of aromatic nitrogens is 3. The molecule has 5 nitrogen and oxygen atoms in total. The van der Waals surface area contributed by atoms with Crippen LogP contribution in [0.5, 0.6) is 0 Å². The SMILES string of the molecule is CN(Cc1cccnc1)C(=O)C=Cc1cn(-c2ccccc2)nc1-c1cccs1. The molecule has 0 aliphatic carbocycles. The molecule has 0 saturated carbocycles. The van der Waals surface area contributed by atoms with Crippen LogP contribution in [-0.4, -0.2) is 32.6 Å². The van der Waals surface area contributed by atoms with Crippen molar-refractivity contribution in [1.82, 2.24) is 19.7 Å². The predicted octanol–water partition coefficient (Wildman–Crippen LogP) is 4.67. The van der Waals surface area contributed by atoms with Crippen LogP contribution in [0.15, 0.2) is 84.6 Å². The Morgan fingerprint density at radius 1 is 1.14 bits per heavy atom. The minimum atomic E-state index is -0.0709. The van der Waals surface area contributed by atoms with Gasteiger partial charge in [0.25, 0.3) is 0 Å². The summed E-state index contributed by atoms with van der Waals surface area (Å²) in [6.07, 6.45) is 8.88. The van der Waals surface area contributed by atoms with E-state index in [9.17, 15) is 4.79 Å². The fourth-order valence-electron chi connectivity index (χ4n) is 2.96. The van der Waals surface area contributed by atoms with E-state index in [0.717, 1.165) is 27.4 Å². The lowest BCUT2D eigenvalue weighted by Crippen LogP contribution is -2.24. The Hall–Kier alpha value is -3.51. The van der Waals surface area contributed by atoms with Crippen LogP contribution in [0.3, 0.4) is 0 Å². The largest absolute Gasteiger partial charge is 0.338 e. The Labute approximate surface area is 173 Å². The van der Waals surface area contributed by atoms with E-state index in [1.807, 2.05) is 76.9 Å². The van der Waals surface area contributed by atoms with Crippen molar-refractivity contribution in [1.29, 1.82) is 0 Å². The van der Waals surface area contributed by atoms with E-state index >= 15 is 0 Å². The minimum absolute atomic E-state index is 0.0709. The summed E-state index contributed by atoms with van der Waals surface area (Å²) in [5.74, 6) is -0.0709. The molecule has 0 saturated heterocycles. The molecule has 4 rings (SSSR count). The van der Waals surface area contributed by atoms with Gasteiger partial charge in [0, 0.05) is 43.8 Å². The third-order valence-electron chi connectivity index (χ3n) is 4.44. The summed E-state index contributed by atoms with van der Waals surface area (Å²) >= 11 is 1.63. The smallest absolute Gasteiger partial charge is 0.246 e. The lowest BCUT2D eigenvalue weighted by Gasteiger charge is -2.14. The van der Waals surface area contributed by atoms with Crippen LogP contribution >= 0.6 is 11.3 Å². The van der Waals surface area contributed by atoms with Gasteiger partial charge in [-0.15, -0.1) is 11.3 Å². The fourth-order valence-corrected chi connectivity index (χ4v) is 3.69. The molecular formula is C23H20N4OS. The molecule has 4 aromatic rings. The van der Waals surface area contributed by atoms with E-state index in [2.05, 4.69) is 4.98 Å². The molecule has 0 fully saturated rings. The van der Waals surface area contributed by atoms with Crippen LogP contribution in [0.1, 0.15) is 11.1 Å². The second kappa shape index (κ2) is 8.67. The molecule has 1 aromatic carbocycles. The number of rotatable bonds is 6. The van der Waals surface area contributed by atoms with Crippen molar-refractivity contribution < 1.29 is 4.79 Å². The first-order valence-corrected chi connectivity index (χ1v) is 10.1. The number of amides is 1. The van der Waals surface area contributed by atoms with Gasteiger partial charge in [-0.05, 0) is 41.3 Å². The molecule has 0 N–H and O–H groups in total. The summed E-state index contributed by atoms with van der Waals surface area (Å²) in [6.45, 7) is 0.512. The highest BCUT2D eigenvalue weighted by Gasteiger charge is 2.12. The van der Waals surface area contributed by atoms with Gasteiger partial charge in [0.2, 0.25) is 5.91 Å². The number of para-hydroxylation sites is 1. The molecule has 144 valence electrons. The van der Waals surface area contributed by atoms with Gasteiger partial charge in [-0.2, -0.15) is 5.10 Å². The summed E-state index contributed by atoms with van der Waals surface area (Å²) in [6, 6.07) is 17.8. The number of carbonyl (C=O) groups excluding carboxylic acids is 1. The topological polar surface area (TPSA) is 51.0 Å². The first-order valence-electron chi connectivity index (χ1n) is 9.22. The lowest BCUT2D eigenvalue weighted by molar-refractivity contribution is -0.125. The summed E-state index contributed by atoms with van der Waals surface area (Å²) < 4.78 is 1.85. The summed E-state index contributed by atoms with van der Waals surface area (Å²) in [4.78, 5) is 19.4. The van der Waals surface area contributed by atoms with E-state index in [1.54, 1.807) is 41.8 Å². The molecule has 0 aliphatic rings. The van der Waals surface area contributed by atoms with Crippen molar-refractivity contribution in [2.75, 3.05) is 7.05 Å². The van der Waals surface area contributed by atoms with E-state index in [1.165, 1.54) is 0 Å². The normalized spacial score (nSPS) is 11.1. The molecule has 0 atom stereocenters. The summed E-state index contributed by atoms with van der Waals surface area (Å²) in [5, 5.41) is 6.78. The number of carbonyl (C=O) groups is 1. The van der Waals surface area contributed by atoms with Gasteiger partial charge in [-0.1, -0.05) is 30.3 Å². The highest BCUT2D eigenvalue weighted by Crippen LogP contribution is 2.28. The van der Waals surface area contributed by atoms with Gasteiger partial charge in [0.1, 0.15) is 5.69 Å². The summed E-state index contributed by atoms with van der Waals surface area (Å²) in [7, 11) is 1.78. The molecule has 6 heteroatoms. The minimum Gasteiger partial charge on any atom is -0.338 e. The van der Waals surface area contributed by atoms with E-state index in [0.29, 0.717) is 6.54 Å². The Kier molecular flexibility index (Phi) is 5.63. The van der Waals surface area contributed by atoms with E-state index in [-0.39, 0.29) is 5.91 Å². The second-order valence-corrected chi connectivity index (χ2v) is 7.53. The molecular weight excluding hydrogens is 380 g/mol. The maximum absolute atomic E-state index is 12.6. The zero-order valence-electron chi connectivity index (χ0n) is 16.0. The van der Waals surface area contributed by atoms with Crippen LogP contribution < -0.4 is 0 Å². The van der Waals surface area contributed by atoms with Gasteiger partial charge in [0.15, 0.2) is 0 Å². The number of nitrogens with zero attached hydrogens (tertiary/aromatic N) is 4. The van der Waals surface area contributed by atoms with Crippen molar-refractivity contribution in [2.24, 2.45) is 0 Å². The predicted molar refractivity (Wildman–Crippen MR) is 117 cm³/mol. The second-order valence-electron chi connectivity index (χ2n) is 6.58.